The third-order valence-electron chi connectivity index (χ3n) is 3.23. The van der Waals surface area contributed by atoms with Gasteiger partial charge in [-0.2, -0.15) is 0 Å². The maximum Gasteiger partial charge on any atom is 0.116 e. The fraction of sp³-hybridized carbons (Fsp3) is 0.538. The predicted octanol–water partition coefficient (Wildman–Crippen LogP) is 3.23. The first kappa shape index (κ1) is 13.3. The summed E-state index contributed by atoms with van der Waals surface area (Å²) in [5, 5.41) is 9.45. The number of aryl methyl sites for hydroxylation is 2. The molecule has 1 aliphatic rings. The molecule has 0 saturated heterocycles. The number of aromatic hydroxyl groups is 1. The zero-order valence-electron chi connectivity index (χ0n) is 9.86. The molecule has 0 bridgehead atoms. The Labute approximate surface area is 103 Å². The molecular formula is C13H20ClNO. The number of hydrogen-bond donors (Lipinski definition) is 2. The van der Waals surface area contributed by atoms with Gasteiger partial charge in [0, 0.05) is 6.04 Å². The summed E-state index contributed by atoms with van der Waals surface area (Å²) >= 11 is 0. The van der Waals surface area contributed by atoms with Gasteiger partial charge < -0.3 is 10.8 Å². The lowest BCUT2D eigenvalue weighted by Crippen LogP contribution is -2.14. The predicted molar refractivity (Wildman–Crippen MR) is 69.1 cm³/mol. The Morgan fingerprint density at radius 2 is 1.81 bits per heavy atom. The Kier molecular flexibility index (Phi) is 4.22. The van der Waals surface area contributed by atoms with E-state index in [1.54, 1.807) is 12.1 Å². The molecule has 2 rings (SSSR count). The minimum Gasteiger partial charge on any atom is -0.508 e. The number of benzene rings is 1. The van der Waals surface area contributed by atoms with Crippen molar-refractivity contribution in [1.29, 1.82) is 0 Å². The first-order valence-electron chi connectivity index (χ1n) is 5.63. The zero-order valence-corrected chi connectivity index (χ0v) is 10.7. The Morgan fingerprint density at radius 1 is 1.31 bits per heavy atom. The fourth-order valence-electron chi connectivity index (χ4n) is 2.37. The van der Waals surface area contributed by atoms with E-state index in [2.05, 4.69) is 0 Å². The number of hydrogen-bond acceptors (Lipinski definition) is 2. The minimum absolute atomic E-state index is 0. The van der Waals surface area contributed by atoms with Crippen LogP contribution in [0.4, 0.5) is 0 Å². The lowest BCUT2D eigenvalue weighted by molar-refractivity contribution is 0.473. The van der Waals surface area contributed by atoms with Crippen molar-refractivity contribution in [1.82, 2.24) is 0 Å². The molecule has 1 aromatic carbocycles. The summed E-state index contributed by atoms with van der Waals surface area (Å²) in [6, 6.07) is 3.74. The monoisotopic (exact) mass is 241 g/mol. The molecule has 3 N–H and O–H groups in total. The highest BCUT2D eigenvalue weighted by atomic mass is 35.5. The van der Waals surface area contributed by atoms with E-state index in [0.717, 1.165) is 23.5 Å². The van der Waals surface area contributed by atoms with Crippen LogP contribution in [0.5, 0.6) is 5.75 Å². The van der Waals surface area contributed by atoms with E-state index in [9.17, 15) is 5.11 Å². The Morgan fingerprint density at radius 3 is 2.25 bits per heavy atom. The van der Waals surface area contributed by atoms with E-state index in [1.807, 2.05) is 13.8 Å². The average molecular weight is 242 g/mol. The second-order valence-electron chi connectivity index (χ2n) is 4.78. The van der Waals surface area contributed by atoms with E-state index in [-0.39, 0.29) is 18.4 Å². The van der Waals surface area contributed by atoms with Gasteiger partial charge in [0.25, 0.3) is 0 Å². The van der Waals surface area contributed by atoms with Crippen LogP contribution in [-0.4, -0.2) is 5.11 Å². The van der Waals surface area contributed by atoms with Gasteiger partial charge in [-0.25, -0.2) is 0 Å². The molecule has 16 heavy (non-hydrogen) atoms. The number of halogens is 1. The molecule has 90 valence electrons. The van der Waals surface area contributed by atoms with Gasteiger partial charge in [-0.05, 0) is 55.0 Å². The molecule has 1 aromatic rings. The highest BCUT2D eigenvalue weighted by Crippen LogP contribution is 2.38. The third kappa shape index (κ3) is 2.89. The van der Waals surface area contributed by atoms with Crippen LogP contribution in [0.3, 0.4) is 0 Å². The maximum atomic E-state index is 9.45. The van der Waals surface area contributed by atoms with Crippen molar-refractivity contribution in [2.24, 2.45) is 11.7 Å². The van der Waals surface area contributed by atoms with Gasteiger partial charge in [-0.15, -0.1) is 12.4 Å². The molecule has 1 aliphatic carbocycles. The summed E-state index contributed by atoms with van der Waals surface area (Å²) in [4.78, 5) is 0. The largest absolute Gasteiger partial charge is 0.508 e. The molecular weight excluding hydrogens is 222 g/mol. The molecule has 0 amide bonds. The van der Waals surface area contributed by atoms with Crippen LogP contribution >= 0.6 is 12.4 Å². The topological polar surface area (TPSA) is 46.2 Å². The van der Waals surface area contributed by atoms with Crippen LogP contribution in [0, 0.1) is 19.8 Å². The van der Waals surface area contributed by atoms with E-state index >= 15 is 0 Å². The van der Waals surface area contributed by atoms with Crippen LogP contribution in [-0.2, 0) is 0 Å². The molecule has 0 aliphatic heterocycles. The number of phenolic OH excluding ortho intramolecular Hbond substituents is 1. The van der Waals surface area contributed by atoms with Crippen LogP contribution < -0.4 is 5.73 Å². The second-order valence-corrected chi connectivity index (χ2v) is 4.78. The van der Waals surface area contributed by atoms with Gasteiger partial charge in [-0.1, -0.05) is 12.8 Å². The molecule has 0 unspecified atom stereocenters. The van der Waals surface area contributed by atoms with Crippen molar-refractivity contribution in [2.75, 3.05) is 0 Å². The molecule has 1 saturated carbocycles. The molecule has 0 spiro atoms. The van der Waals surface area contributed by atoms with Gasteiger partial charge in [0.1, 0.15) is 5.75 Å². The van der Waals surface area contributed by atoms with E-state index in [0.29, 0.717) is 5.75 Å². The molecule has 1 fully saturated rings. The number of rotatable bonds is 3. The molecule has 3 heteroatoms. The summed E-state index contributed by atoms with van der Waals surface area (Å²) in [5.74, 6) is 1.18. The highest BCUT2D eigenvalue weighted by molar-refractivity contribution is 5.85. The second kappa shape index (κ2) is 5.07. The van der Waals surface area contributed by atoms with Crippen LogP contribution in [0.2, 0.25) is 0 Å². The van der Waals surface area contributed by atoms with Gasteiger partial charge >= 0.3 is 0 Å². The fourth-order valence-corrected chi connectivity index (χ4v) is 2.37. The van der Waals surface area contributed by atoms with E-state index in [4.69, 9.17) is 5.73 Å². The van der Waals surface area contributed by atoms with Gasteiger partial charge in [0.05, 0.1) is 0 Å². The van der Waals surface area contributed by atoms with Crippen molar-refractivity contribution in [3.05, 3.63) is 28.8 Å². The van der Waals surface area contributed by atoms with Gasteiger partial charge in [-0.3, -0.25) is 0 Å². The SMILES string of the molecule is Cc1cc(O)cc(C)c1[C@H](N)CC1CC1.Cl. The zero-order chi connectivity index (χ0) is 11.0. The van der Waals surface area contributed by atoms with E-state index < -0.39 is 0 Å². The van der Waals surface area contributed by atoms with Crippen molar-refractivity contribution in [2.45, 2.75) is 39.2 Å². The Hall–Kier alpha value is -0.730. The normalized spacial score (nSPS) is 16.7. The first-order valence-corrected chi connectivity index (χ1v) is 5.63. The van der Waals surface area contributed by atoms with Crippen molar-refractivity contribution in [3.63, 3.8) is 0 Å². The quantitative estimate of drug-likeness (QED) is 0.854. The molecule has 1 atom stereocenters. The summed E-state index contributed by atoms with van der Waals surface area (Å²) < 4.78 is 0. The summed E-state index contributed by atoms with van der Waals surface area (Å²) in [6.07, 6.45) is 3.76. The first-order chi connectivity index (χ1) is 7.08. The molecule has 2 nitrogen and oxygen atoms in total. The standard InChI is InChI=1S/C13H19NO.ClH/c1-8-5-11(15)6-9(2)13(8)12(14)7-10-3-4-10;/h5-6,10,12,15H,3-4,7,14H2,1-2H3;1H/t12-;/m1./s1. The van der Waals surface area contributed by atoms with E-state index in [1.165, 1.54) is 18.4 Å². The van der Waals surface area contributed by atoms with Gasteiger partial charge in [0.15, 0.2) is 0 Å². The van der Waals surface area contributed by atoms with Crippen molar-refractivity contribution >= 4 is 12.4 Å². The van der Waals surface area contributed by atoms with Crippen LogP contribution in [0.25, 0.3) is 0 Å². The smallest absolute Gasteiger partial charge is 0.116 e. The highest BCUT2D eigenvalue weighted by Gasteiger charge is 2.25. The Bertz CT molecular complexity index is 351. The maximum absolute atomic E-state index is 9.45. The third-order valence-corrected chi connectivity index (χ3v) is 3.23. The lowest BCUT2D eigenvalue weighted by atomic mass is 9.93. The van der Waals surface area contributed by atoms with Crippen molar-refractivity contribution < 1.29 is 5.11 Å². The number of nitrogens with two attached hydrogens (primary N) is 1. The van der Waals surface area contributed by atoms with Crippen LogP contribution in [0.1, 0.15) is 42.0 Å². The average Bonchev–Trinajstić information content (AvgIpc) is 2.85. The molecule has 0 radical (unpaired) electrons. The van der Waals surface area contributed by atoms with Crippen molar-refractivity contribution in [3.8, 4) is 5.75 Å². The summed E-state index contributed by atoms with van der Waals surface area (Å²) in [5.41, 5.74) is 9.65. The molecule has 0 heterocycles. The molecule has 0 aromatic heterocycles. The summed E-state index contributed by atoms with van der Waals surface area (Å²) in [7, 11) is 0. The summed E-state index contributed by atoms with van der Waals surface area (Å²) in [6.45, 7) is 4.05. The lowest BCUT2D eigenvalue weighted by Gasteiger charge is -2.17. The Balaban J connectivity index is 0.00000128. The van der Waals surface area contributed by atoms with Crippen LogP contribution in [0.15, 0.2) is 12.1 Å². The number of phenols is 1. The van der Waals surface area contributed by atoms with Gasteiger partial charge in [0.2, 0.25) is 0 Å². The minimum atomic E-state index is 0.